The molecule has 4 aromatic rings. The summed E-state index contributed by atoms with van der Waals surface area (Å²) < 4.78 is 12.1. The van der Waals surface area contributed by atoms with E-state index in [1.807, 2.05) is 16.7 Å². The maximum atomic E-state index is 13.7. The van der Waals surface area contributed by atoms with Crippen LogP contribution in [0.5, 0.6) is 0 Å². The standard InChI is InChI=1S/C23H25N7O4/c1-3-4-7-20-24-13-19(29(20)14-16-8-10-17(11-9-16)22(32)33-2)21(31)30(23-25-27-28-26-23)15-18-6-5-12-34-18/h5-6,8-13H,3-4,7,14-15H2,1-2H3,(H,25,26,27,28). The molecule has 1 N–H and O–H groups in total. The molecule has 3 aromatic heterocycles. The third-order valence-electron chi connectivity index (χ3n) is 5.34. The molecule has 11 heteroatoms. The van der Waals surface area contributed by atoms with E-state index >= 15 is 0 Å². The number of aryl methyl sites for hydroxylation is 1. The van der Waals surface area contributed by atoms with Gasteiger partial charge in [-0.05, 0) is 41.5 Å². The Morgan fingerprint density at radius 1 is 1.21 bits per heavy atom. The molecule has 1 amide bonds. The predicted octanol–water partition coefficient (Wildman–Crippen LogP) is 3.01. The first-order chi connectivity index (χ1) is 16.6. The normalized spacial score (nSPS) is 10.9. The lowest BCUT2D eigenvalue weighted by atomic mass is 10.1. The van der Waals surface area contributed by atoms with Gasteiger partial charge in [-0.15, -0.1) is 5.10 Å². The Kier molecular flexibility index (Phi) is 7.11. The molecule has 0 spiro atoms. The minimum Gasteiger partial charge on any atom is -0.467 e. The highest BCUT2D eigenvalue weighted by Crippen LogP contribution is 2.19. The number of hydrogen-bond donors (Lipinski definition) is 1. The molecule has 0 bridgehead atoms. The van der Waals surface area contributed by atoms with E-state index in [0.29, 0.717) is 23.6 Å². The molecule has 4 rings (SSSR count). The van der Waals surface area contributed by atoms with E-state index in [1.54, 1.807) is 36.7 Å². The lowest BCUT2D eigenvalue weighted by Crippen LogP contribution is -2.33. The summed E-state index contributed by atoms with van der Waals surface area (Å²) in [6.07, 6.45) is 5.78. The number of aromatic nitrogens is 6. The van der Waals surface area contributed by atoms with Gasteiger partial charge in [0, 0.05) is 13.0 Å². The average Bonchev–Trinajstić information content (AvgIpc) is 3.64. The smallest absolute Gasteiger partial charge is 0.337 e. The number of benzene rings is 1. The van der Waals surface area contributed by atoms with Gasteiger partial charge in [-0.25, -0.2) is 9.78 Å². The number of amides is 1. The SMILES string of the molecule is CCCCc1ncc(C(=O)N(Cc2ccco2)c2nn[nH]n2)n1Cc1ccc(C(=O)OC)cc1. The van der Waals surface area contributed by atoms with Crippen molar-refractivity contribution in [3.05, 3.63) is 77.3 Å². The van der Waals surface area contributed by atoms with E-state index in [0.717, 1.165) is 30.7 Å². The minimum atomic E-state index is -0.401. The maximum absolute atomic E-state index is 13.7. The number of esters is 1. The summed E-state index contributed by atoms with van der Waals surface area (Å²) in [4.78, 5) is 31.4. The Labute approximate surface area is 195 Å². The first-order valence-electron chi connectivity index (χ1n) is 10.9. The zero-order valence-corrected chi connectivity index (χ0v) is 19.0. The molecular weight excluding hydrogens is 438 g/mol. The van der Waals surface area contributed by atoms with Gasteiger partial charge >= 0.3 is 5.97 Å². The molecule has 0 saturated carbocycles. The van der Waals surface area contributed by atoms with Crippen molar-refractivity contribution in [2.45, 2.75) is 39.3 Å². The fraction of sp³-hybridized carbons (Fsp3) is 0.304. The molecule has 0 aliphatic heterocycles. The van der Waals surface area contributed by atoms with Crippen LogP contribution in [0.15, 0.2) is 53.3 Å². The fourth-order valence-electron chi connectivity index (χ4n) is 3.54. The molecule has 0 atom stereocenters. The quantitative estimate of drug-likeness (QED) is 0.355. The monoisotopic (exact) mass is 463 g/mol. The number of tetrazole rings is 1. The minimum absolute atomic E-state index is 0.131. The number of unbranched alkanes of at least 4 members (excludes halogenated alkanes) is 1. The average molecular weight is 463 g/mol. The van der Waals surface area contributed by atoms with Gasteiger partial charge in [-0.2, -0.15) is 5.21 Å². The summed E-state index contributed by atoms with van der Waals surface area (Å²) in [7, 11) is 1.35. The van der Waals surface area contributed by atoms with E-state index in [-0.39, 0.29) is 18.4 Å². The van der Waals surface area contributed by atoms with Gasteiger partial charge < -0.3 is 13.7 Å². The molecule has 0 fully saturated rings. The van der Waals surface area contributed by atoms with Crippen LogP contribution in [-0.2, 0) is 24.2 Å². The molecule has 0 aliphatic rings. The van der Waals surface area contributed by atoms with Crippen LogP contribution in [0.2, 0.25) is 0 Å². The summed E-state index contributed by atoms with van der Waals surface area (Å²) in [6.45, 7) is 2.64. The van der Waals surface area contributed by atoms with Gasteiger partial charge in [0.05, 0.1) is 31.7 Å². The number of hydrogen-bond acceptors (Lipinski definition) is 8. The number of imidazole rings is 1. The number of ether oxygens (including phenoxy) is 1. The molecule has 11 nitrogen and oxygen atoms in total. The fourth-order valence-corrected chi connectivity index (χ4v) is 3.54. The van der Waals surface area contributed by atoms with Gasteiger partial charge in [0.15, 0.2) is 0 Å². The van der Waals surface area contributed by atoms with Crippen LogP contribution in [0, 0.1) is 0 Å². The second-order valence-electron chi connectivity index (χ2n) is 7.62. The highest BCUT2D eigenvalue weighted by atomic mass is 16.5. The van der Waals surface area contributed by atoms with Crippen LogP contribution in [-0.4, -0.2) is 49.2 Å². The Hall–Kier alpha value is -4.28. The van der Waals surface area contributed by atoms with Gasteiger partial charge in [0.2, 0.25) is 0 Å². The van der Waals surface area contributed by atoms with Crippen molar-refractivity contribution in [3.63, 3.8) is 0 Å². The van der Waals surface area contributed by atoms with E-state index < -0.39 is 5.97 Å². The van der Waals surface area contributed by atoms with Crippen molar-refractivity contribution in [3.8, 4) is 0 Å². The summed E-state index contributed by atoms with van der Waals surface area (Å²) in [5.41, 5.74) is 1.76. The summed E-state index contributed by atoms with van der Waals surface area (Å²) >= 11 is 0. The van der Waals surface area contributed by atoms with Gasteiger partial charge in [-0.1, -0.05) is 30.6 Å². The Morgan fingerprint density at radius 2 is 2.03 bits per heavy atom. The lowest BCUT2D eigenvalue weighted by Gasteiger charge is -2.19. The molecule has 34 heavy (non-hydrogen) atoms. The predicted molar refractivity (Wildman–Crippen MR) is 121 cm³/mol. The van der Waals surface area contributed by atoms with Crippen molar-refractivity contribution in [1.29, 1.82) is 0 Å². The molecule has 0 radical (unpaired) electrons. The Balaban J connectivity index is 1.67. The molecule has 0 saturated heterocycles. The number of methoxy groups -OCH3 is 1. The number of H-pyrrole nitrogens is 1. The number of rotatable bonds is 10. The van der Waals surface area contributed by atoms with Crippen molar-refractivity contribution in [2.24, 2.45) is 0 Å². The van der Waals surface area contributed by atoms with Gasteiger partial charge in [0.1, 0.15) is 17.3 Å². The highest BCUT2D eigenvalue weighted by molar-refractivity contribution is 6.03. The second kappa shape index (κ2) is 10.6. The first kappa shape index (κ1) is 22.9. The van der Waals surface area contributed by atoms with E-state index in [9.17, 15) is 9.59 Å². The number of carbonyl (C=O) groups is 2. The zero-order valence-electron chi connectivity index (χ0n) is 19.0. The largest absolute Gasteiger partial charge is 0.467 e. The molecule has 0 unspecified atom stereocenters. The van der Waals surface area contributed by atoms with E-state index in [2.05, 4.69) is 32.5 Å². The third kappa shape index (κ3) is 5.03. The van der Waals surface area contributed by atoms with Crippen LogP contribution >= 0.6 is 0 Å². The first-order valence-corrected chi connectivity index (χ1v) is 10.9. The Bertz CT molecular complexity index is 1220. The van der Waals surface area contributed by atoms with Gasteiger partial charge in [-0.3, -0.25) is 9.69 Å². The van der Waals surface area contributed by atoms with Crippen molar-refractivity contribution >= 4 is 17.8 Å². The van der Waals surface area contributed by atoms with Crippen LogP contribution in [0.4, 0.5) is 5.95 Å². The maximum Gasteiger partial charge on any atom is 0.337 e. The number of nitrogens with zero attached hydrogens (tertiary/aromatic N) is 6. The zero-order chi connectivity index (χ0) is 23.9. The highest BCUT2D eigenvalue weighted by Gasteiger charge is 2.27. The Morgan fingerprint density at radius 3 is 2.68 bits per heavy atom. The lowest BCUT2D eigenvalue weighted by molar-refractivity contribution is 0.0600. The number of anilines is 1. The second-order valence-corrected chi connectivity index (χ2v) is 7.62. The van der Waals surface area contributed by atoms with Crippen LogP contribution in [0.25, 0.3) is 0 Å². The van der Waals surface area contributed by atoms with Crippen LogP contribution in [0.1, 0.15) is 57.8 Å². The van der Waals surface area contributed by atoms with Crippen LogP contribution in [0.3, 0.4) is 0 Å². The van der Waals surface area contributed by atoms with E-state index in [1.165, 1.54) is 12.0 Å². The number of carbonyl (C=O) groups excluding carboxylic acids is 2. The molecule has 1 aromatic carbocycles. The molecule has 176 valence electrons. The number of aromatic amines is 1. The topological polar surface area (TPSA) is 132 Å². The van der Waals surface area contributed by atoms with Crippen molar-refractivity contribution in [2.75, 3.05) is 12.0 Å². The summed E-state index contributed by atoms with van der Waals surface area (Å²) in [5.74, 6) is 0.774. The molecule has 3 heterocycles. The van der Waals surface area contributed by atoms with Crippen molar-refractivity contribution < 1.29 is 18.7 Å². The summed E-state index contributed by atoms with van der Waals surface area (Å²) in [6, 6.07) is 10.6. The number of nitrogens with one attached hydrogen (secondary N) is 1. The van der Waals surface area contributed by atoms with Gasteiger partial charge in [0.25, 0.3) is 11.9 Å². The number of furan rings is 1. The van der Waals surface area contributed by atoms with Crippen LogP contribution < -0.4 is 4.90 Å². The van der Waals surface area contributed by atoms with Crippen molar-refractivity contribution in [1.82, 2.24) is 30.2 Å². The third-order valence-corrected chi connectivity index (χ3v) is 5.34. The molecular formula is C23H25N7O4. The summed E-state index contributed by atoms with van der Waals surface area (Å²) in [5, 5.41) is 14.0. The molecule has 0 aliphatic carbocycles. The van der Waals surface area contributed by atoms with E-state index in [4.69, 9.17) is 9.15 Å².